The van der Waals surface area contributed by atoms with E-state index in [9.17, 15) is 9.59 Å². The molecule has 0 bridgehead atoms. The van der Waals surface area contributed by atoms with Gasteiger partial charge < -0.3 is 9.88 Å². The van der Waals surface area contributed by atoms with Crippen LogP contribution in [0.15, 0.2) is 41.6 Å². The monoisotopic (exact) mass is 460 g/mol. The molecule has 170 valence electrons. The van der Waals surface area contributed by atoms with Gasteiger partial charge in [0.2, 0.25) is 5.91 Å². The first-order chi connectivity index (χ1) is 16.2. The number of hydrogen-bond acceptors (Lipinski definition) is 4. The molecule has 1 aliphatic heterocycles. The Balaban J connectivity index is 1.11. The van der Waals surface area contributed by atoms with Gasteiger partial charge in [-0.15, -0.1) is 11.3 Å². The van der Waals surface area contributed by atoms with Gasteiger partial charge in [0.1, 0.15) is 4.83 Å². The van der Waals surface area contributed by atoms with Crippen molar-refractivity contribution in [2.75, 3.05) is 13.1 Å². The number of rotatable bonds is 4. The van der Waals surface area contributed by atoms with Crippen molar-refractivity contribution in [2.45, 2.75) is 57.4 Å². The summed E-state index contributed by atoms with van der Waals surface area (Å²) >= 11 is 1.67. The lowest BCUT2D eigenvalue weighted by atomic mass is 9.89. The number of H-pyrrole nitrogens is 1. The highest BCUT2D eigenvalue weighted by Gasteiger charge is 2.26. The topological polar surface area (TPSA) is 71.0 Å². The second-order valence-electron chi connectivity index (χ2n) is 9.33. The number of nitrogens with one attached hydrogen (secondary N) is 1. The quantitative estimate of drug-likeness (QED) is 0.483. The van der Waals surface area contributed by atoms with Gasteiger partial charge >= 0.3 is 0 Å². The number of hydrogen-bond donors (Lipinski definition) is 1. The first-order valence-corrected chi connectivity index (χ1v) is 12.8. The lowest BCUT2D eigenvalue weighted by Crippen LogP contribution is -2.38. The van der Waals surface area contributed by atoms with E-state index >= 15 is 0 Å². The van der Waals surface area contributed by atoms with E-state index in [4.69, 9.17) is 0 Å². The molecule has 6 rings (SSSR count). The van der Waals surface area contributed by atoms with Crippen LogP contribution >= 0.6 is 11.3 Å². The van der Waals surface area contributed by atoms with Crippen LogP contribution in [0.2, 0.25) is 0 Å². The average molecular weight is 461 g/mol. The van der Waals surface area contributed by atoms with Gasteiger partial charge in [0.15, 0.2) is 0 Å². The number of likely N-dealkylation sites (tertiary alicyclic amines) is 1. The van der Waals surface area contributed by atoms with Crippen LogP contribution < -0.4 is 5.56 Å². The van der Waals surface area contributed by atoms with E-state index in [2.05, 4.69) is 40.4 Å². The van der Waals surface area contributed by atoms with Gasteiger partial charge in [0.05, 0.1) is 11.7 Å². The zero-order chi connectivity index (χ0) is 22.4. The van der Waals surface area contributed by atoms with E-state index in [0.717, 1.165) is 55.4 Å². The van der Waals surface area contributed by atoms with Crippen LogP contribution in [0.25, 0.3) is 21.1 Å². The third-order valence-corrected chi connectivity index (χ3v) is 8.62. The molecule has 4 aromatic rings. The molecule has 0 unspecified atom stereocenters. The Labute approximate surface area is 196 Å². The van der Waals surface area contributed by atoms with Crippen molar-refractivity contribution in [3.05, 3.63) is 63.1 Å². The van der Waals surface area contributed by atoms with E-state index < -0.39 is 0 Å². The number of thiophene rings is 1. The van der Waals surface area contributed by atoms with Gasteiger partial charge in [-0.1, -0.05) is 18.2 Å². The number of carbonyl (C=O) groups excluding carboxylic acids is 1. The van der Waals surface area contributed by atoms with E-state index in [0.29, 0.717) is 18.9 Å². The molecule has 2 aliphatic rings. The minimum Gasteiger partial charge on any atom is -0.361 e. The Hall–Kier alpha value is -2.93. The summed E-state index contributed by atoms with van der Waals surface area (Å²) in [7, 11) is 0. The number of aromatic nitrogens is 3. The Morgan fingerprint density at radius 2 is 1.97 bits per heavy atom. The molecule has 1 aromatic carbocycles. The smallest absolute Gasteiger partial charge is 0.262 e. The summed E-state index contributed by atoms with van der Waals surface area (Å²) in [6.45, 7) is 1.94. The van der Waals surface area contributed by atoms with E-state index in [-0.39, 0.29) is 11.5 Å². The Bertz CT molecular complexity index is 1390. The maximum absolute atomic E-state index is 13.1. The fourth-order valence-electron chi connectivity index (χ4n) is 5.59. The SMILES string of the molecule is O=C(CCn1cnc2sc3c(c2c1=O)CCCC3)N1CCC(c2c[nH]c3ccccc23)CC1. The number of benzene rings is 1. The van der Waals surface area contributed by atoms with E-state index in [1.165, 1.54) is 33.3 Å². The van der Waals surface area contributed by atoms with Crippen LogP contribution in [0, 0.1) is 0 Å². The first-order valence-electron chi connectivity index (χ1n) is 12.0. The Kier molecular flexibility index (Phi) is 5.29. The molecular formula is C26H28N4O2S. The zero-order valence-electron chi connectivity index (χ0n) is 18.7. The van der Waals surface area contributed by atoms with Crippen molar-refractivity contribution in [3.63, 3.8) is 0 Å². The zero-order valence-corrected chi connectivity index (χ0v) is 19.5. The van der Waals surface area contributed by atoms with Crippen molar-refractivity contribution in [2.24, 2.45) is 0 Å². The summed E-state index contributed by atoms with van der Waals surface area (Å²) in [5, 5.41) is 2.09. The minimum atomic E-state index is 0.0187. The number of para-hydroxylation sites is 1. The van der Waals surface area contributed by atoms with Crippen LogP contribution in [0.3, 0.4) is 0 Å². The van der Waals surface area contributed by atoms with E-state index in [1.54, 1.807) is 22.2 Å². The Morgan fingerprint density at radius 1 is 1.15 bits per heavy atom. The number of aromatic amines is 1. The fourth-order valence-corrected chi connectivity index (χ4v) is 6.81. The molecule has 1 N–H and O–H groups in total. The highest BCUT2D eigenvalue weighted by atomic mass is 32.1. The van der Waals surface area contributed by atoms with Crippen molar-refractivity contribution in [3.8, 4) is 0 Å². The van der Waals surface area contributed by atoms with Crippen LogP contribution in [0.4, 0.5) is 0 Å². The highest BCUT2D eigenvalue weighted by molar-refractivity contribution is 7.18. The number of piperidine rings is 1. The number of carbonyl (C=O) groups is 1. The molecule has 1 amide bonds. The lowest BCUT2D eigenvalue weighted by Gasteiger charge is -2.32. The van der Waals surface area contributed by atoms with Crippen LogP contribution in [0.1, 0.15) is 54.0 Å². The van der Waals surface area contributed by atoms with Crippen LogP contribution in [-0.2, 0) is 24.2 Å². The van der Waals surface area contributed by atoms with Gasteiger partial charge in [0.25, 0.3) is 5.56 Å². The molecule has 0 atom stereocenters. The molecule has 1 saturated heterocycles. The summed E-state index contributed by atoms with van der Waals surface area (Å²) in [5.74, 6) is 0.607. The van der Waals surface area contributed by atoms with Gasteiger partial charge in [0, 0.05) is 48.0 Å². The highest BCUT2D eigenvalue weighted by Crippen LogP contribution is 2.34. The predicted molar refractivity (Wildman–Crippen MR) is 132 cm³/mol. The third kappa shape index (κ3) is 3.68. The van der Waals surface area contributed by atoms with Gasteiger partial charge in [-0.05, 0) is 61.6 Å². The normalized spacial score (nSPS) is 17.0. The molecular weight excluding hydrogens is 432 g/mol. The number of amides is 1. The second-order valence-corrected chi connectivity index (χ2v) is 10.4. The average Bonchev–Trinajstić information content (AvgIpc) is 3.45. The number of fused-ring (bicyclic) bond motifs is 4. The van der Waals surface area contributed by atoms with Crippen molar-refractivity contribution >= 4 is 38.4 Å². The number of nitrogens with zero attached hydrogens (tertiary/aromatic N) is 3. The molecule has 6 nitrogen and oxygen atoms in total. The Morgan fingerprint density at radius 3 is 2.85 bits per heavy atom. The molecule has 33 heavy (non-hydrogen) atoms. The summed E-state index contributed by atoms with van der Waals surface area (Å²) in [6, 6.07) is 8.41. The summed E-state index contributed by atoms with van der Waals surface area (Å²) in [4.78, 5) is 38.1. The molecule has 0 radical (unpaired) electrons. The molecule has 1 aliphatic carbocycles. The van der Waals surface area contributed by atoms with Crippen LogP contribution in [-0.4, -0.2) is 38.4 Å². The summed E-state index contributed by atoms with van der Waals surface area (Å²) in [5.41, 5.74) is 3.76. The molecule has 0 saturated carbocycles. The molecule has 3 aromatic heterocycles. The van der Waals surface area contributed by atoms with Crippen LogP contribution in [0.5, 0.6) is 0 Å². The second kappa shape index (κ2) is 8.45. The van der Waals surface area contributed by atoms with Gasteiger partial charge in [-0.25, -0.2) is 4.98 Å². The maximum atomic E-state index is 13.1. The minimum absolute atomic E-state index is 0.0187. The molecule has 4 heterocycles. The maximum Gasteiger partial charge on any atom is 0.262 e. The summed E-state index contributed by atoms with van der Waals surface area (Å²) in [6.07, 6.45) is 10.4. The molecule has 1 fully saturated rings. The largest absolute Gasteiger partial charge is 0.361 e. The molecule has 7 heteroatoms. The van der Waals surface area contributed by atoms with Gasteiger partial charge in [-0.3, -0.25) is 14.2 Å². The third-order valence-electron chi connectivity index (χ3n) is 7.42. The number of aryl methyl sites for hydroxylation is 3. The van der Waals surface area contributed by atoms with Gasteiger partial charge in [-0.2, -0.15) is 0 Å². The van der Waals surface area contributed by atoms with Crippen molar-refractivity contribution < 1.29 is 4.79 Å². The standard InChI is InChI=1S/C26H28N4O2S/c31-23(29-12-9-17(10-13-29)20-15-27-21-7-3-1-5-18(20)21)11-14-30-16-28-25-24(26(30)32)19-6-2-4-8-22(19)33-25/h1,3,5,7,15-17,27H,2,4,6,8-14H2. The van der Waals surface area contributed by atoms with Crippen molar-refractivity contribution in [1.82, 2.24) is 19.4 Å². The predicted octanol–water partition coefficient (Wildman–Crippen LogP) is 4.61. The van der Waals surface area contributed by atoms with Crippen molar-refractivity contribution in [1.29, 1.82) is 0 Å². The fraction of sp³-hybridized carbons (Fsp3) is 0.423. The summed E-state index contributed by atoms with van der Waals surface area (Å²) < 4.78 is 1.64. The molecule has 0 spiro atoms. The van der Waals surface area contributed by atoms with E-state index in [1.807, 2.05) is 4.90 Å². The lowest BCUT2D eigenvalue weighted by molar-refractivity contribution is -0.132. The first kappa shape index (κ1) is 20.7.